The molecule has 2 aromatic carbocycles. The summed E-state index contributed by atoms with van der Waals surface area (Å²) in [5, 5.41) is 4.99. The van der Waals surface area contributed by atoms with Crippen LogP contribution in [0.2, 0.25) is 5.02 Å². The predicted molar refractivity (Wildman–Crippen MR) is 106 cm³/mol. The Morgan fingerprint density at radius 2 is 1.88 bits per heavy atom. The number of halogens is 1. The fourth-order valence-corrected chi connectivity index (χ4v) is 3.08. The number of benzene rings is 2. The third-order valence-corrected chi connectivity index (χ3v) is 4.53. The van der Waals surface area contributed by atoms with Crippen LogP contribution >= 0.6 is 11.6 Å². The largest absolute Gasteiger partial charge is 0.375 e. The van der Waals surface area contributed by atoms with Gasteiger partial charge >= 0.3 is 0 Å². The van der Waals surface area contributed by atoms with Crippen molar-refractivity contribution in [1.29, 1.82) is 0 Å². The molecule has 5 heteroatoms. The van der Waals surface area contributed by atoms with Crippen LogP contribution < -0.4 is 0 Å². The van der Waals surface area contributed by atoms with Gasteiger partial charge in [-0.15, -0.1) is 0 Å². The minimum Gasteiger partial charge on any atom is -0.375 e. The Balaban J connectivity index is 1.41. The van der Waals surface area contributed by atoms with Crippen molar-refractivity contribution in [2.75, 3.05) is 20.2 Å². The molecular formula is C21H24ClN3O. The Kier molecular flexibility index (Phi) is 6.45. The molecule has 0 unspecified atom stereocenters. The van der Waals surface area contributed by atoms with Crippen LogP contribution in [0.4, 0.5) is 0 Å². The van der Waals surface area contributed by atoms with Crippen molar-refractivity contribution in [1.82, 2.24) is 14.7 Å². The summed E-state index contributed by atoms with van der Waals surface area (Å²) in [6.45, 7) is 3.06. The number of likely N-dealkylation sites (N-methyl/N-ethyl adjacent to an activating group) is 1. The van der Waals surface area contributed by atoms with Gasteiger partial charge in [0.1, 0.15) is 0 Å². The van der Waals surface area contributed by atoms with Crippen LogP contribution in [0.3, 0.4) is 0 Å². The van der Waals surface area contributed by atoms with Crippen LogP contribution in [0.5, 0.6) is 0 Å². The van der Waals surface area contributed by atoms with Crippen molar-refractivity contribution >= 4 is 11.6 Å². The van der Waals surface area contributed by atoms with Gasteiger partial charge in [-0.1, -0.05) is 48.0 Å². The highest BCUT2D eigenvalue weighted by atomic mass is 35.5. The molecule has 3 aromatic rings. The molecule has 0 atom stereocenters. The average molecular weight is 370 g/mol. The summed E-state index contributed by atoms with van der Waals surface area (Å²) >= 11 is 6.03. The molecule has 136 valence electrons. The minimum atomic E-state index is 0.622. The molecule has 0 aliphatic carbocycles. The van der Waals surface area contributed by atoms with Gasteiger partial charge in [-0.25, -0.2) is 0 Å². The van der Waals surface area contributed by atoms with Gasteiger partial charge in [0.25, 0.3) is 0 Å². The molecule has 3 rings (SSSR count). The van der Waals surface area contributed by atoms with Gasteiger partial charge in [0.15, 0.2) is 0 Å². The van der Waals surface area contributed by atoms with E-state index in [1.807, 2.05) is 42.2 Å². The van der Waals surface area contributed by atoms with Gasteiger partial charge < -0.3 is 4.74 Å². The van der Waals surface area contributed by atoms with Crippen LogP contribution in [-0.4, -0.2) is 34.9 Å². The topological polar surface area (TPSA) is 30.3 Å². The Hall–Kier alpha value is -2.14. The number of aryl methyl sites for hydroxylation is 1. The molecule has 0 aliphatic rings. The predicted octanol–water partition coefficient (Wildman–Crippen LogP) is 4.39. The lowest BCUT2D eigenvalue weighted by atomic mass is 10.1. The quantitative estimate of drug-likeness (QED) is 0.552. The Morgan fingerprint density at radius 3 is 2.58 bits per heavy atom. The molecule has 0 bridgehead atoms. The molecule has 0 radical (unpaired) electrons. The zero-order valence-electron chi connectivity index (χ0n) is 15.2. The van der Waals surface area contributed by atoms with E-state index in [-0.39, 0.29) is 0 Å². The fraction of sp³-hybridized carbons (Fsp3) is 0.286. The second kappa shape index (κ2) is 8.99. The Morgan fingerprint density at radius 1 is 1.08 bits per heavy atom. The summed E-state index contributed by atoms with van der Waals surface area (Å²) in [7, 11) is 4.04. The first-order chi connectivity index (χ1) is 12.6. The highest BCUT2D eigenvalue weighted by Crippen LogP contribution is 2.19. The minimum absolute atomic E-state index is 0.622. The van der Waals surface area contributed by atoms with E-state index in [1.165, 1.54) is 11.1 Å². The van der Waals surface area contributed by atoms with Crippen molar-refractivity contribution in [2.45, 2.75) is 13.2 Å². The van der Waals surface area contributed by atoms with Crippen LogP contribution in [0.25, 0.3) is 11.3 Å². The summed E-state index contributed by atoms with van der Waals surface area (Å²) < 4.78 is 7.70. The van der Waals surface area contributed by atoms with Gasteiger partial charge in [0, 0.05) is 31.4 Å². The van der Waals surface area contributed by atoms with E-state index in [2.05, 4.69) is 47.4 Å². The zero-order valence-corrected chi connectivity index (χ0v) is 16.0. The number of aromatic nitrogens is 2. The molecule has 0 N–H and O–H groups in total. The first kappa shape index (κ1) is 18.6. The van der Waals surface area contributed by atoms with Crippen molar-refractivity contribution in [3.8, 4) is 11.3 Å². The third-order valence-electron chi connectivity index (χ3n) is 4.30. The van der Waals surface area contributed by atoms with E-state index in [0.717, 1.165) is 29.4 Å². The van der Waals surface area contributed by atoms with Crippen molar-refractivity contribution in [3.63, 3.8) is 0 Å². The Labute approximate surface area is 160 Å². The van der Waals surface area contributed by atoms with E-state index in [9.17, 15) is 0 Å². The number of hydrogen-bond donors (Lipinski definition) is 0. The van der Waals surface area contributed by atoms with Gasteiger partial charge in [-0.05, 0) is 41.9 Å². The lowest BCUT2D eigenvalue weighted by molar-refractivity contribution is 0.0980. The SMILES string of the molecule is CN(CCOCc1ccc(-c2ccnn2C)cc1)Cc1cccc(Cl)c1. The van der Waals surface area contributed by atoms with Crippen LogP contribution in [-0.2, 0) is 24.9 Å². The monoisotopic (exact) mass is 369 g/mol. The molecule has 0 saturated carbocycles. The van der Waals surface area contributed by atoms with Gasteiger partial charge in [0.2, 0.25) is 0 Å². The second-order valence-electron chi connectivity index (χ2n) is 6.46. The third kappa shape index (κ3) is 5.18. The number of nitrogens with zero attached hydrogens (tertiary/aromatic N) is 3. The van der Waals surface area contributed by atoms with Crippen LogP contribution in [0, 0.1) is 0 Å². The maximum Gasteiger partial charge on any atom is 0.0717 e. The standard InChI is InChI=1S/C21H24ClN3O/c1-24(15-18-4-3-5-20(22)14-18)12-13-26-16-17-6-8-19(9-7-17)21-10-11-23-25(21)2/h3-11,14H,12-13,15-16H2,1-2H3. The van der Waals surface area contributed by atoms with E-state index in [0.29, 0.717) is 13.2 Å². The van der Waals surface area contributed by atoms with Gasteiger partial charge in [0.05, 0.1) is 18.9 Å². The highest BCUT2D eigenvalue weighted by molar-refractivity contribution is 6.30. The molecule has 1 heterocycles. The molecule has 1 aromatic heterocycles. The molecular weight excluding hydrogens is 346 g/mol. The highest BCUT2D eigenvalue weighted by Gasteiger charge is 2.04. The summed E-state index contributed by atoms with van der Waals surface area (Å²) in [6.07, 6.45) is 1.81. The van der Waals surface area contributed by atoms with Gasteiger partial charge in [-0.2, -0.15) is 5.10 Å². The number of ether oxygens (including phenoxy) is 1. The lowest BCUT2D eigenvalue weighted by Gasteiger charge is -2.17. The molecule has 0 spiro atoms. The molecule has 4 nitrogen and oxygen atoms in total. The van der Waals surface area contributed by atoms with Crippen molar-refractivity contribution in [2.24, 2.45) is 7.05 Å². The van der Waals surface area contributed by atoms with E-state index < -0.39 is 0 Å². The molecule has 0 fully saturated rings. The van der Waals surface area contributed by atoms with E-state index in [1.54, 1.807) is 0 Å². The molecule has 0 saturated heterocycles. The first-order valence-electron chi connectivity index (χ1n) is 8.70. The summed E-state index contributed by atoms with van der Waals surface area (Å²) in [5.41, 5.74) is 4.66. The first-order valence-corrected chi connectivity index (χ1v) is 9.07. The van der Waals surface area contributed by atoms with Crippen LogP contribution in [0.15, 0.2) is 60.8 Å². The molecule has 26 heavy (non-hydrogen) atoms. The molecule has 0 aliphatic heterocycles. The second-order valence-corrected chi connectivity index (χ2v) is 6.89. The summed E-state index contributed by atoms with van der Waals surface area (Å²) in [5.74, 6) is 0. The van der Waals surface area contributed by atoms with Crippen LogP contribution in [0.1, 0.15) is 11.1 Å². The molecule has 0 amide bonds. The van der Waals surface area contributed by atoms with Crippen molar-refractivity contribution in [3.05, 3.63) is 76.9 Å². The smallest absolute Gasteiger partial charge is 0.0717 e. The maximum atomic E-state index is 6.03. The maximum absolute atomic E-state index is 6.03. The van der Waals surface area contributed by atoms with E-state index >= 15 is 0 Å². The fourth-order valence-electron chi connectivity index (χ4n) is 2.87. The average Bonchev–Trinajstić information content (AvgIpc) is 3.05. The zero-order chi connectivity index (χ0) is 18.4. The van der Waals surface area contributed by atoms with Gasteiger partial charge in [-0.3, -0.25) is 9.58 Å². The lowest BCUT2D eigenvalue weighted by Crippen LogP contribution is -2.22. The van der Waals surface area contributed by atoms with Crippen molar-refractivity contribution < 1.29 is 4.74 Å². The summed E-state index contributed by atoms with van der Waals surface area (Å²) in [6, 6.07) is 18.4. The normalized spacial score (nSPS) is 11.2. The Bertz CT molecular complexity index is 829. The van der Waals surface area contributed by atoms with E-state index in [4.69, 9.17) is 16.3 Å². The summed E-state index contributed by atoms with van der Waals surface area (Å²) in [4.78, 5) is 2.23. The number of rotatable bonds is 8. The number of hydrogen-bond acceptors (Lipinski definition) is 3.